The monoisotopic (exact) mass is 835 g/mol. The minimum absolute atomic E-state index is 0.211. The van der Waals surface area contributed by atoms with Crippen LogP contribution in [0.5, 0.6) is 0 Å². The molecule has 11 nitrogen and oxygen atoms in total. The molecule has 0 heterocycles. The molecule has 0 amide bonds. The molecular formula is C50H61NO10. The third-order valence-electron chi connectivity index (χ3n) is 8.70. The topological polar surface area (TPSA) is 213 Å². The van der Waals surface area contributed by atoms with Crippen molar-refractivity contribution < 1.29 is 49.5 Å². The van der Waals surface area contributed by atoms with Crippen LogP contribution in [0.3, 0.4) is 0 Å². The second-order valence-electron chi connectivity index (χ2n) is 14.1. The number of hydrogen-bond acceptors (Lipinski definition) is 6. The minimum Gasteiger partial charge on any atom is -0.481 e. The average Bonchev–Trinajstić information content (AvgIpc) is 3.24. The predicted octanol–water partition coefficient (Wildman–Crippen LogP) is 9.97. The Kier molecular flexibility index (Phi) is 28.4. The number of carboxylic acid groups (broad SMARTS) is 5. The van der Waals surface area contributed by atoms with Crippen LogP contribution in [0.1, 0.15) is 91.2 Å². The van der Waals surface area contributed by atoms with Gasteiger partial charge in [-0.15, -0.1) is 0 Å². The Morgan fingerprint density at radius 2 is 0.623 bits per heavy atom. The molecule has 0 saturated heterocycles. The fraction of sp³-hybridized carbons (Fsp3) is 0.300. The van der Waals surface area contributed by atoms with Gasteiger partial charge in [-0.3, -0.25) is 24.0 Å². The summed E-state index contributed by atoms with van der Waals surface area (Å²) in [5, 5.41) is 42.0. The van der Waals surface area contributed by atoms with E-state index < -0.39 is 29.8 Å². The number of aryl methyl sites for hydroxylation is 6. The van der Waals surface area contributed by atoms with Crippen LogP contribution in [0.25, 0.3) is 0 Å². The maximum Gasteiger partial charge on any atom is 0.303 e. The van der Waals surface area contributed by atoms with E-state index in [0.717, 1.165) is 60.9 Å². The van der Waals surface area contributed by atoms with Gasteiger partial charge in [0, 0.05) is 37.8 Å². The first-order valence-electron chi connectivity index (χ1n) is 20.3. The number of nitrogen functional groups attached to an aromatic ring is 1. The van der Waals surface area contributed by atoms with Crippen molar-refractivity contribution in [2.45, 2.75) is 96.8 Å². The lowest BCUT2D eigenvalue weighted by Gasteiger charge is -1.99. The summed E-state index contributed by atoms with van der Waals surface area (Å²) in [4.78, 5) is 51.0. The molecule has 5 aromatic rings. The van der Waals surface area contributed by atoms with Gasteiger partial charge in [0.1, 0.15) is 0 Å². The van der Waals surface area contributed by atoms with Crippen LogP contribution in [-0.2, 0) is 56.1 Å². The summed E-state index contributed by atoms with van der Waals surface area (Å²) in [5.41, 5.74) is 13.2. The van der Waals surface area contributed by atoms with Gasteiger partial charge in [-0.2, -0.15) is 0 Å². The summed E-state index contributed by atoms with van der Waals surface area (Å²) in [6.45, 7) is 2.01. The zero-order valence-electron chi connectivity index (χ0n) is 35.0. The molecule has 5 rings (SSSR count). The van der Waals surface area contributed by atoms with Crippen LogP contribution < -0.4 is 5.73 Å². The van der Waals surface area contributed by atoms with Crippen LogP contribution in [-0.4, -0.2) is 55.4 Å². The number of hydrogen-bond donors (Lipinski definition) is 6. The van der Waals surface area contributed by atoms with Crippen molar-refractivity contribution in [3.05, 3.63) is 173 Å². The van der Waals surface area contributed by atoms with E-state index >= 15 is 0 Å². The average molecular weight is 836 g/mol. The molecule has 0 saturated carbocycles. The Balaban J connectivity index is 0.000000382. The molecule has 0 atom stereocenters. The molecule has 0 aromatic heterocycles. The standard InChI is InChI=1S/C11H14O2.C10H13NO2.2C10H12O2.C9H10O2/c12-11(13)9-5-4-8-10-6-2-1-3-7-10;11-9-6-4-8(5-7-9)2-1-3-10(12)13;1-8-2-4-9(5-3-8)6-7-10(11)12;11-10(12)8-4-7-9-5-2-1-3-6-9;10-9(11)7-6-8-4-2-1-3-5-8/h1-3,6-7H,4-5,8-9H2,(H,12,13);4-7H,1-3,11H2,(H,12,13);2-5H,6-7H2,1H3,(H,11,12);1-3,5-6H,4,7-8H2,(H,11,12);1-5H,6-7H2,(H,10,11). The van der Waals surface area contributed by atoms with Crippen molar-refractivity contribution in [1.29, 1.82) is 0 Å². The molecule has 0 bridgehead atoms. The highest BCUT2D eigenvalue weighted by Crippen LogP contribution is 2.10. The van der Waals surface area contributed by atoms with Gasteiger partial charge in [0.25, 0.3) is 0 Å². The lowest BCUT2D eigenvalue weighted by molar-refractivity contribution is -0.138. The maximum absolute atomic E-state index is 10.2. The SMILES string of the molecule is Cc1ccc(CCC(=O)O)cc1.Nc1ccc(CCCC(=O)O)cc1.O=C(O)CCCCc1ccccc1.O=C(O)CCCc1ccccc1.O=C(O)CCc1ccccc1. The van der Waals surface area contributed by atoms with E-state index in [1.807, 2.05) is 134 Å². The number of nitrogens with two attached hydrogens (primary N) is 1. The quantitative estimate of drug-likeness (QED) is 0.0340. The van der Waals surface area contributed by atoms with Gasteiger partial charge in [0.15, 0.2) is 0 Å². The van der Waals surface area contributed by atoms with Gasteiger partial charge in [-0.1, -0.05) is 133 Å². The largest absolute Gasteiger partial charge is 0.481 e. The van der Waals surface area contributed by atoms with E-state index in [1.54, 1.807) is 0 Å². The van der Waals surface area contributed by atoms with Crippen molar-refractivity contribution in [3.8, 4) is 0 Å². The van der Waals surface area contributed by atoms with Crippen LogP contribution in [0.4, 0.5) is 5.69 Å². The van der Waals surface area contributed by atoms with Crippen molar-refractivity contribution in [3.63, 3.8) is 0 Å². The number of carbonyl (C=O) groups is 5. The van der Waals surface area contributed by atoms with E-state index in [2.05, 4.69) is 12.1 Å². The number of carboxylic acids is 5. The predicted molar refractivity (Wildman–Crippen MR) is 240 cm³/mol. The molecule has 5 aromatic carbocycles. The van der Waals surface area contributed by atoms with Crippen molar-refractivity contribution in [2.24, 2.45) is 0 Å². The van der Waals surface area contributed by atoms with E-state index in [-0.39, 0.29) is 32.1 Å². The summed E-state index contributed by atoms with van der Waals surface area (Å²) in [6, 6.07) is 45.1. The molecule has 0 radical (unpaired) electrons. The first kappa shape index (κ1) is 52.3. The molecule has 0 aliphatic carbocycles. The highest BCUT2D eigenvalue weighted by atomic mass is 16.4. The number of anilines is 1. The second-order valence-corrected chi connectivity index (χ2v) is 14.1. The van der Waals surface area contributed by atoms with E-state index in [1.165, 1.54) is 16.7 Å². The highest BCUT2D eigenvalue weighted by molar-refractivity contribution is 5.68. The molecule has 0 aliphatic rings. The molecular weight excluding hydrogens is 775 g/mol. The zero-order valence-corrected chi connectivity index (χ0v) is 35.0. The van der Waals surface area contributed by atoms with Crippen molar-refractivity contribution >= 4 is 35.5 Å². The van der Waals surface area contributed by atoms with E-state index in [4.69, 9.17) is 31.3 Å². The van der Waals surface area contributed by atoms with Gasteiger partial charge in [-0.05, 0) is 105 Å². The Labute approximate surface area is 359 Å². The van der Waals surface area contributed by atoms with Crippen LogP contribution in [0.2, 0.25) is 0 Å². The zero-order chi connectivity index (χ0) is 45.1. The highest BCUT2D eigenvalue weighted by Gasteiger charge is 2.01. The lowest BCUT2D eigenvalue weighted by atomic mass is 10.1. The molecule has 7 N–H and O–H groups in total. The summed E-state index contributed by atoms with van der Waals surface area (Å²) in [6.07, 6.45) is 8.19. The molecule has 0 spiro atoms. The first-order chi connectivity index (χ1) is 29.2. The molecule has 0 aliphatic heterocycles. The van der Waals surface area contributed by atoms with Gasteiger partial charge in [-0.25, -0.2) is 0 Å². The second kappa shape index (κ2) is 33.1. The number of rotatable bonds is 19. The fourth-order valence-electron chi connectivity index (χ4n) is 5.37. The van der Waals surface area contributed by atoms with E-state index in [0.29, 0.717) is 19.3 Å². The van der Waals surface area contributed by atoms with Gasteiger partial charge in [0.2, 0.25) is 0 Å². The molecule has 0 unspecified atom stereocenters. The van der Waals surface area contributed by atoms with E-state index in [9.17, 15) is 24.0 Å². The molecule has 0 fully saturated rings. The van der Waals surface area contributed by atoms with Crippen molar-refractivity contribution in [1.82, 2.24) is 0 Å². The summed E-state index contributed by atoms with van der Waals surface area (Å²) in [7, 11) is 0. The minimum atomic E-state index is -0.742. The van der Waals surface area contributed by atoms with Crippen LogP contribution >= 0.6 is 0 Å². The van der Waals surface area contributed by atoms with Crippen LogP contribution in [0.15, 0.2) is 140 Å². The van der Waals surface area contributed by atoms with Crippen molar-refractivity contribution in [2.75, 3.05) is 5.73 Å². The van der Waals surface area contributed by atoms with Gasteiger partial charge in [0.05, 0.1) is 0 Å². The summed E-state index contributed by atoms with van der Waals surface area (Å²) in [5.74, 6) is -3.64. The lowest BCUT2D eigenvalue weighted by Crippen LogP contribution is -1.97. The number of unbranched alkanes of at least 4 members (excludes halogenated alkanes) is 1. The number of benzene rings is 5. The normalized spacial score (nSPS) is 9.72. The molecule has 61 heavy (non-hydrogen) atoms. The Hall–Kier alpha value is -6.75. The smallest absolute Gasteiger partial charge is 0.303 e. The Morgan fingerprint density at radius 1 is 0.344 bits per heavy atom. The number of aliphatic carboxylic acids is 5. The third kappa shape index (κ3) is 31.9. The Bertz CT molecular complexity index is 1930. The van der Waals surface area contributed by atoms with Gasteiger partial charge >= 0.3 is 29.8 Å². The fourth-order valence-corrected chi connectivity index (χ4v) is 5.37. The molecule has 11 heteroatoms. The first-order valence-corrected chi connectivity index (χ1v) is 20.3. The third-order valence-corrected chi connectivity index (χ3v) is 8.70. The Morgan fingerprint density at radius 3 is 0.984 bits per heavy atom. The van der Waals surface area contributed by atoms with Gasteiger partial charge < -0.3 is 31.3 Å². The summed E-state index contributed by atoms with van der Waals surface area (Å²) < 4.78 is 0. The maximum atomic E-state index is 10.2. The molecule has 326 valence electrons. The van der Waals surface area contributed by atoms with Crippen LogP contribution in [0, 0.1) is 6.92 Å². The summed E-state index contributed by atoms with van der Waals surface area (Å²) >= 11 is 0.